The SMILES string of the molecule is CC(=O)C(C)N1C(=O)C2C3C=CC(C3)C2C1=O. The molecular formula is C13H15NO3. The molecule has 0 spiro atoms. The smallest absolute Gasteiger partial charge is 0.234 e. The van der Waals surface area contributed by atoms with Gasteiger partial charge in [0.1, 0.15) is 0 Å². The molecule has 0 radical (unpaired) electrons. The summed E-state index contributed by atoms with van der Waals surface area (Å²) >= 11 is 0. The Hall–Kier alpha value is -1.45. The summed E-state index contributed by atoms with van der Waals surface area (Å²) in [5.41, 5.74) is 0. The van der Waals surface area contributed by atoms with E-state index in [4.69, 9.17) is 0 Å². The lowest BCUT2D eigenvalue weighted by atomic mass is 9.85. The average molecular weight is 233 g/mol. The van der Waals surface area contributed by atoms with E-state index >= 15 is 0 Å². The Labute approximate surface area is 99.7 Å². The molecule has 4 heteroatoms. The highest BCUT2D eigenvalue weighted by atomic mass is 16.2. The van der Waals surface area contributed by atoms with Crippen LogP contribution in [-0.4, -0.2) is 28.5 Å². The first kappa shape index (κ1) is 10.7. The third kappa shape index (κ3) is 1.21. The molecule has 1 saturated heterocycles. The van der Waals surface area contributed by atoms with E-state index in [2.05, 4.69) is 12.2 Å². The van der Waals surface area contributed by atoms with Gasteiger partial charge in [-0.05, 0) is 32.1 Å². The van der Waals surface area contributed by atoms with Crippen LogP contribution < -0.4 is 0 Å². The maximum atomic E-state index is 12.3. The van der Waals surface area contributed by atoms with Crippen LogP contribution in [0.15, 0.2) is 12.2 Å². The summed E-state index contributed by atoms with van der Waals surface area (Å²) in [6.45, 7) is 3.06. The Bertz CT molecular complexity index is 424. The van der Waals surface area contributed by atoms with Gasteiger partial charge in [-0.2, -0.15) is 0 Å². The second-order valence-electron chi connectivity index (χ2n) is 5.33. The van der Waals surface area contributed by atoms with Gasteiger partial charge in [0.15, 0.2) is 5.78 Å². The van der Waals surface area contributed by atoms with Crippen LogP contribution in [0.1, 0.15) is 20.3 Å². The number of nitrogens with zero attached hydrogens (tertiary/aromatic N) is 1. The second kappa shape index (κ2) is 3.28. The van der Waals surface area contributed by atoms with Crippen molar-refractivity contribution in [2.45, 2.75) is 26.3 Å². The Morgan fingerprint density at radius 2 is 1.71 bits per heavy atom. The summed E-state index contributed by atoms with van der Waals surface area (Å²) in [7, 11) is 0. The van der Waals surface area contributed by atoms with Gasteiger partial charge in [0.2, 0.25) is 11.8 Å². The molecule has 0 aromatic rings. The maximum Gasteiger partial charge on any atom is 0.234 e. The summed E-state index contributed by atoms with van der Waals surface area (Å²) in [4.78, 5) is 37.1. The number of hydrogen-bond donors (Lipinski definition) is 0. The van der Waals surface area contributed by atoms with Crippen LogP contribution in [0.4, 0.5) is 0 Å². The number of imide groups is 1. The summed E-state index contributed by atoms with van der Waals surface area (Å²) in [6.07, 6.45) is 5.03. The fraction of sp³-hybridized carbons (Fsp3) is 0.615. The lowest BCUT2D eigenvalue weighted by Gasteiger charge is -2.22. The number of allylic oxidation sites excluding steroid dienone is 2. The minimum Gasteiger partial charge on any atom is -0.298 e. The number of hydrogen-bond acceptors (Lipinski definition) is 3. The van der Waals surface area contributed by atoms with Crippen molar-refractivity contribution in [2.24, 2.45) is 23.7 Å². The van der Waals surface area contributed by atoms with Crippen molar-refractivity contribution in [1.82, 2.24) is 4.90 Å². The Kier molecular flexibility index (Phi) is 2.06. The molecular weight excluding hydrogens is 218 g/mol. The largest absolute Gasteiger partial charge is 0.298 e. The lowest BCUT2D eigenvalue weighted by molar-refractivity contribution is -0.146. The molecule has 0 N–H and O–H groups in total. The fourth-order valence-electron chi connectivity index (χ4n) is 3.49. The highest BCUT2D eigenvalue weighted by Crippen LogP contribution is 2.52. The van der Waals surface area contributed by atoms with Crippen molar-refractivity contribution in [3.63, 3.8) is 0 Å². The monoisotopic (exact) mass is 233 g/mol. The zero-order chi connectivity index (χ0) is 12.3. The van der Waals surface area contributed by atoms with Gasteiger partial charge in [-0.1, -0.05) is 12.2 Å². The van der Waals surface area contributed by atoms with Crippen molar-refractivity contribution in [1.29, 1.82) is 0 Å². The minimum absolute atomic E-state index is 0.132. The molecule has 3 aliphatic rings. The molecule has 5 unspecified atom stereocenters. The number of likely N-dealkylation sites (tertiary alicyclic amines) is 1. The van der Waals surface area contributed by atoms with E-state index in [1.54, 1.807) is 6.92 Å². The van der Waals surface area contributed by atoms with E-state index in [-0.39, 0.29) is 41.3 Å². The van der Waals surface area contributed by atoms with Gasteiger partial charge in [0.25, 0.3) is 0 Å². The Morgan fingerprint density at radius 1 is 1.24 bits per heavy atom. The van der Waals surface area contributed by atoms with Crippen molar-refractivity contribution in [3.8, 4) is 0 Å². The van der Waals surface area contributed by atoms with Gasteiger partial charge in [-0.3, -0.25) is 19.3 Å². The van der Waals surface area contributed by atoms with Crippen LogP contribution in [-0.2, 0) is 14.4 Å². The molecule has 1 heterocycles. The molecule has 3 rings (SSSR count). The van der Waals surface area contributed by atoms with Gasteiger partial charge in [0.05, 0.1) is 17.9 Å². The molecule has 1 aliphatic heterocycles. The highest BCUT2D eigenvalue weighted by molar-refractivity contribution is 6.09. The lowest BCUT2D eigenvalue weighted by Crippen LogP contribution is -2.43. The molecule has 2 aliphatic carbocycles. The summed E-state index contributed by atoms with van der Waals surface area (Å²) < 4.78 is 0. The molecule has 2 bridgehead atoms. The zero-order valence-corrected chi connectivity index (χ0v) is 9.92. The molecule has 1 saturated carbocycles. The Morgan fingerprint density at radius 3 is 2.12 bits per heavy atom. The van der Waals surface area contributed by atoms with Crippen molar-refractivity contribution in [3.05, 3.63) is 12.2 Å². The van der Waals surface area contributed by atoms with Crippen LogP contribution in [0.3, 0.4) is 0 Å². The van der Waals surface area contributed by atoms with Gasteiger partial charge in [0, 0.05) is 0 Å². The molecule has 2 amide bonds. The second-order valence-corrected chi connectivity index (χ2v) is 5.33. The third-order valence-corrected chi connectivity index (χ3v) is 4.48. The molecule has 4 nitrogen and oxygen atoms in total. The van der Waals surface area contributed by atoms with Crippen LogP contribution in [0.5, 0.6) is 0 Å². The van der Waals surface area contributed by atoms with E-state index in [0.29, 0.717) is 0 Å². The number of amides is 2. The first-order valence-corrected chi connectivity index (χ1v) is 6.08. The van der Waals surface area contributed by atoms with Crippen molar-refractivity contribution < 1.29 is 14.4 Å². The quantitative estimate of drug-likeness (QED) is 0.523. The minimum atomic E-state index is -0.611. The van der Waals surface area contributed by atoms with Crippen LogP contribution in [0, 0.1) is 23.7 Å². The van der Waals surface area contributed by atoms with Crippen LogP contribution >= 0.6 is 0 Å². The molecule has 5 atom stereocenters. The van der Waals surface area contributed by atoms with Crippen LogP contribution in [0.2, 0.25) is 0 Å². The number of rotatable bonds is 2. The van der Waals surface area contributed by atoms with Gasteiger partial charge >= 0.3 is 0 Å². The maximum absolute atomic E-state index is 12.3. The first-order valence-electron chi connectivity index (χ1n) is 6.08. The number of fused-ring (bicyclic) bond motifs is 5. The molecule has 0 aromatic carbocycles. The summed E-state index contributed by atoms with van der Waals surface area (Å²) in [5.74, 6) is -0.374. The first-order chi connectivity index (χ1) is 8.02. The third-order valence-electron chi connectivity index (χ3n) is 4.48. The normalized spacial score (nSPS) is 40.0. The van der Waals surface area contributed by atoms with E-state index in [9.17, 15) is 14.4 Å². The number of carbonyl (C=O) groups excluding carboxylic acids is 3. The zero-order valence-electron chi connectivity index (χ0n) is 9.92. The summed E-state index contributed by atoms with van der Waals surface area (Å²) in [5, 5.41) is 0. The van der Waals surface area contributed by atoms with Gasteiger partial charge in [-0.25, -0.2) is 0 Å². The van der Waals surface area contributed by atoms with Gasteiger partial charge in [-0.15, -0.1) is 0 Å². The molecule has 90 valence electrons. The predicted octanol–water partition coefficient (Wildman–Crippen LogP) is 0.771. The van der Waals surface area contributed by atoms with E-state index < -0.39 is 6.04 Å². The predicted molar refractivity (Wildman–Crippen MR) is 59.7 cm³/mol. The van der Waals surface area contributed by atoms with Crippen LogP contribution in [0.25, 0.3) is 0 Å². The molecule has 0 aromatic heterocycles. The van der Waals surface area contributed by atoms with E-state index in [1.165, 1.54) is 11.8 Å². The highest BCUT2D eigenvalue weighted by Gasteiger charge is 2.60. The number of carbonyl (C=O) groups is 3. The van der Waals surface area contributed by atoms with Gasteiger partial charge < -0.3 is 0 Å². The van der Waals surface area contributed by atoms with E-state index in [0.717, 1.165) is 6.42 Å². The molecule has 17 heavy (non-hydrogen) atoms. The topological polar surface area (TPSA) is 54.5 Å². The van der Waals surface area contributed by atoms with E-state index in [1.807, 2.05) is 0 Å². The summed E-state index contributed by atoms with van der Waals surface area (Å²) in [6, 6.07) is -0.611. The average Bonchev–Trinajstić information content (AvgIpc) is 2.92. The number of Topliss-reactive ketones (excluding diaryl/α,β-unsaturated/α-hetero) is 1. The van der Waals surface area contributed by atoms with Crippen molar-refractivity contribution >= 4 is 17.6 Å². The molecule has 2 fully saturated rings. The standard InChI is InChI=1S/C13H15NO3/c1-6(7(2)15)14-12(16)10-8-3-4-9(5-8)11(10)13(14)17/h3-4,6,8-11H,5H2,1-2H3. The fourth-order valence-corrected chi connectivity index (χ4v) is 3.49. The van der Waals surface area contributed by atoms with Crippen molar-refractivity contribution in [2.75, 3.05) is 0 Å². The number of ketones is 1. The Balaban J connectivity index is 1.95.